The number of hydrogen-bond acceptors (Lipinski definition) is 2. The average Bonchev–Trinajstić information content (AvgIpc) is 3.04. The Bertz CT molecular complexity index is 368. The first kappa shape index (κ1) is 12.4. The van der Waals surface area contributed by atoms with Gasteiger partial charge in [0.05, 0.1) is 0 Å². The van der Waals surface area contributed by atoms with E-state index in [1.807, 2.05) is 0 Å². The van der Waals surface area contributed by atoms with Gasteiger partial charge in [0.25, 0.3) is 0 Å². The highest BCUT2D eigenvalue weighted by Crippen LogP contribution is 2.18. The van der Waals surface area contributed by atoms with E-state index in [1.54, 1.807) is 0 Å². The maximum Gasteiger partial charge on any atom is 0.133 e. The molecule has 2 rings (SSSR count). The minimum absolute atomic E-state index is 0.0737. The lowest BCUT2D eigenvalue weighted by Crippen LogP contribution is -2.28. The Balaban J connectivity index is 1.77. The molecule has 2 N–H and O–H groups in total. The molecular weight excluding hydrogens is 229 g/mol. The summed E-state index contributed by atoms with van der Waals surface area (Å²) in [5.74, 6) is -2.57. The number of hydrogen-bond donors (Lipinski definition) is 2. The van der Waals surface area contributed by atoms with E-state index in [4.69, 9.17) is 0 Å². The molecule has 0 aliphatic heterocycles. The van der Waals surface area contributed by atoms with Crippen molar-refractivity contribution >= 4 is 0 Å². The highest BCUT2D eigenvalue weighted by molar-refractivity contribution is 5.20. The van der Waals surface area contributed by atoms with Gasteiger partial charge in [0.15, 0.2) is 0 Å². The molecule has 1 aromatic rings. The molecule has 1 fully saturated rings. The molecule has 2 nitrogen and oxygen atoms in total. The molecule has 1 aliphatic rings. The van der Waals surface area contributed by atoms with Crippen molar-refractivity contribution in [1.29, 1.82) is 0 Å². The molecule has 1 saturated carbocycles. The van der Waals surface area contributed by atoms with Crippen molar-refractivity contribution in [2.45, 2.75) is 25.4 Å². The highest BCUT2D eigenvalue weighted by atomic mass is 19.1. The second kappa shape index (κ2) is 5.51. The lowest BCUT2D eigenvalue weighted by Gasteiger charge is -2.08. The molecule has 0 heterocycles. The zero-order valence-electron chi connectivity index (χ0n) is 9.40. The summed E-state index contributed by atoms with van der Waals surface area (Å²) in [6.07, 6.45) is 2.42. The summed E-state index contributed by atoms with van der Waals surface area (Å²) in [5.41, 5.74) is -0.113. The van der Waals surface area contributed by atoms with Crippen molar-refractivity contribution in [1.82, 2.24) is 10.6 Å². The molecule has 0 atom stereocenters. The molecule has 0 unspecified atom stereocenters. The van der Waals surface area contributed by atoms with Crippen LogP contribution in [-0.4, -0.2) is 19.1 Å². The number of halogens is 3. The van der Waals surface area contributed by atoms with Crippen molar-refractivity contribution in [2.75, 3.05) is 13.1 Å². The molecule has 0 amide bonds. The minimum Gasteiger partial charge on any atom is -0.313 e. The Labute approximate surface area is 98.2 Å². The van der Waals surface area contributed by atoms with Crippen LogP contribution in [0.25, 0.3) is 0 Å². The number of benzene rings is 1. The second-order valence-electron chi connectivity index (χ2n) is 4.25. The fourth-order valence-corrected chi connectivity index (χ4v) is 1.61. The minimum atomic E-state index is -0.890. The van der Waals surface area contributed by atoms with Crippen LogP contribution in [0, 0.1) is 17.5 Å². The lowest BCUT2D eigenvalue weighted by molar-refractivity contribution is 0.507. The second-order valence-corrected chi connectivity index (χ2v) is 4.25. The fourth-order valence-electron chi connectivity index (χ4n) is 1.61. The quantitative estimate of drug-likeness (QED) is 0.747. The first-order valence-electron chi connectivity index (χ1n) is 5.74. The van der Waals surface area contributed by atoms with Gasteiger partial charge in [-0.25, -0.2) is 13.2 Å². The zero-order chi connectivity index (χ0) is 12.3. The maximum atomic E-state index is 13.2. The van der Waals surface area contributed by atoms with Gasteiger partial charge in [-0.3, -0.25) is 0 Å². The van der Waals surface area contributed by atoms with Crippen molar-refractivity contribution < 1.29 is 13.2 Å². The smallest absolute Gasteiger partial charge is 0.133 e. The third-order valence-corrected chi connectivity index (χ3v) is 2.72. The van der Waals surface area contributed by atoms with Gasteiger partial charge in [0.1, 0.15) is 17.5 Å². The lowest BCUT2D eigenvalue weighted by atomic mass is 10.2. The van der Waals surface area contributed by atoms with Crippen LogP contribution in [0.2, 0.25) is 0 Å². The van der Waals surface area contributed by atoms with Gasteiger partial charge >= 0.3 is 0 Å². The molecule has 0 saturated heterocycles. The SMILES string of the molecule is Fc1cc(F)c(CNCCNC2CC2)c(F)c1. The Morgan fingerprint density at radius 2 is 1.71 bits per heavy atom. The average molecular weight is 244 g/mol. The molecule has 5 heteroatoms. The summed E-state index contributed by atoms with van der Waals surface area (Å²) in [7, 11) is 0. The molecule has 0 bridgehead atoms. The first-order valence-corrected chi connectivity index (χ1v) is 5.74. The van der Waals surface area contributed by atoms with Gasteiger partial charge in [-0.15, -0.1) is 0 Å². The third kappa shape index (κ3) is 3.71. The van der Waals surface area contributed by atoms with E-state index >= 15 is 0 Å². The number of rotatable bonds is 6. The number of nitrogens with one attached hydrogen (secondary N) is 2. The summed E-state index contributed by atoms with van der Waals surface area (Å²) in [6.45, 7) is 1.48. The van der Waals surface area contributed by atoms with E-state index in [0.717, 1.165) is 6.54 Å². The van der Waals surface area contributed by atoms with Crippen molar-refractivity contribution in [3.8, 4) is 0 Å². The van der Waals surface area contributed by atoms with Gasteiger partial charge in [0, 0.05) is 43.4 Å². The van der Waals surface area contributed by atoms with Crippen molar-refractivity contribution in [3.63, 3.8) is 0 Å². The van der Waals surface area contributed by atoms with Crippen molar-refractivity contribution in [3.05, 3.63) is 35.1 Å². The van der Waals surface area contributed by atoms with Crippen LogP contribution in [0.4, 0.5) is 13.2 Å². The topological polar surface area (TPSA) is 24.1 Å². The summed E-state index contributed by atoms with van der Waals surface area (Å²) >= 11 is 0. The Morgan fingerprint density at radius 1 is 1.06 bits per heavy atom. The van der Waals surface area contributed by atoms with Crippen LogP contribution >= 0.6 is 0 Å². The summed E-state index contributed by atoms with van der Waals surface area (Å²) in [5, 5.41) is 6.19. The van der Waals surface area contributed by atoms with E-state index in [1.165, 1.54) is 12.8 Å². The van der Waals surface area contributed by atoms with Gasteiger partial charge in [-0.05, 0) is 12.8 Å². The molecule has 17 heavy (non-hydrogen) atoms. The van der Waals surface area contributed by atoms with Gasteiger partial charge in [-0.2, -0.15) is 0 Å². The summed E-state index contributed by atoms with van der Waals surface area (Å²) in [6, 6.07) is 2.02. The molecule has 1 aliphatic carbocycles. The summed E-state index contributed by atoms with van der Waals surface area (Å²) in [4.78, 5) is 0. The Kier molecular flexibility index (Phi) is 4.02. The van der Waals surface area contributed by atoms with Crippen LogP contribution < -0.4 is 10.6 Å². The van der Waals surface area contributed by atoms with Crippen LogP contribution in [0.5, 0.6) is 0 Å². The summed E-state index contributed by atoms with van der Waals surface area (Å²) < 4.78 is 39.1. The first-order chi connectivity index (χ1) is 8.16. The van der Waals surface area contributed by atoms with Gasteiger partial charge < -0.3 is 10.6 Å². The molecular formula is C12H15F3N2. The molecule has 0 aromatic heterocycles. The maximum absolute atomic E-state index is 13.2. The van der Waals surface area contributed by atoms with Crippen LogP contribution in [0.1, 0.15) is 18.4 Å². The Morgan fingerprint density at radius 3 is 2.29 bits per heavy atom. The Hall–Kier alpha value is -1.07. The molecule has 94 valence electrons. The third-order valence-electron chi connectivity index (χ3n) is 2.72. The predicted octanol–water partition coefficient (Wildman–Crippen LogP) is 1.95. The fraction of sp³-hybridized carbons (Fsp3) is 0.500. The van der Waals surface area contributed by atoms with Crippen LogP contribution in [0.15, 0.2) is 12.1 Å². The van der Waals surface area contributed by atoms with Gasteiger partial charge in [0.2, 0.25) is 0 Å². The molecule has 1 aromatic carbocycles. The highest BCUT2D eigenvalue weighted by Gasteiger charge is 2.19. The largest absolute Gasteiger partial charge is 0.313 e. The van der Waals surface area contributed by atoms with E-state index in [0.29, 0.717) is 24.7 Å². The zero-order valence-corrected chi connectivity index (χ0v) is 9.40. The van der Waals surface area contributed by atoms with Crippen molar-refractivity contribution in [2.24, 2.45) is 0 Å². The van der Waals surface area contributed by atoms with Gasteiger partial charge in [-0.1, -0.05) is 0 Å². The van der Waals surface area contributed by atoms with E-state index < -0.39 is 17.5 Å². The standard InChI is InChI=1S/C12H15F3N2/c13-8-5-11(14)10(12(15)6-8)7-16-3-4-17-9-1-2-9/h5-6,9,16-17H,1-4,7H2. The van der Waals surface area contributed by atoms with E-state index in [-0.39, 0.29) is 12.1 Å². The van der Waals surface area contributed by atoms with E-state index in [2.05, 4.69) is 10.6 Å². The van der Waals surface area contributed by atoms with E-state index in [9.17, 15) is 13.2 Å². The molecule has 0 spiro atoms. The predicted molar refractivity (Wildman–Crippen MR) is 59.0 cm³/mol. The van der Waals surface area contributed by atoms with Crippen LogP contribution in [0.3, 0.4) is 0 Å². The van der Waals surface area contributed by atoms with Crippen LogP contribution in [-0.2, 0) is 6.54 Å². The monoisotopic (exact) mass is 244 g/mol. The normalized spacial score (nSPS) is 15.2. The molecule has 0 radical (unpaired) electrons.